The average molecular weight is 1040 g/mol. The molecule has 7 aliphatic rings. The van der Waals surface area contributed by atoms with Gasteiger partial charge in [-0.05, 0) is 222 Å². The van der Waals surface area contributed by atoms with Crippen molar-refractivity contribution in [2.75, 3.05) is 9.80 Å². The predicted molar refractivity (Wildman–Crippen MR) is 335 cm³/mol. The monoisotopic (exact) mass is 1040 g/mol. The first kappa shape index (κ1) is 52.4. The highest BCUT2D eigenvalue weighted by Gasteiger charge is 2.54. The van der Waals surface area contributed by atoms with E-state index in [1.54, 1.807) is 0 Å². The van der Waals surface area contributed by atoms with Crippen LogP contribution >= 0.6 is 0 Å². The van der Waals surface area contributed by atoms with Gasteiger partial charge >= 0.3 is 0 Å². The lowest BCUT2D eigenvalue weighted by Crippen LogP contribution is -2.61. The van der Waals surface area contributed by atoms with E-state index >= 15 is 0 Å². The van der Waals surface area contributed by atoms with Crippen LogP contribution in [0.5, 0.6) is 0 Å². The van der Waals surface area contributed by atoms with E-state index in [4.69, 9.17) is 4.42 Å². The highest BCUT2D eigenvalue weighted by molar-refractivity contribution is 6.99. The summed E-state index contributed by atoms with van der Waals surface area (Å²) in [6, 6.07) is 33.6. The van der Waals surface area contributed by atoms with Gasteiger partial charge in [-0.3, -0.25) is 0 Å². The minimum atomic E-state index is -0.130. The lowest BCUT2D eigenvalue weighted by molar-refractivity contribution is 0.282. The van der Waals surface area contributed by atoms with Gasteiger partial charge in [-0.1, -0.05) is 175 Å². The fourth-order valence-electron chi connectivity index (χ4n) is 16.7. The van der Waals surface area contributed by atoms with Crippen LogP contribution in [-0.2, 0) is 54.1 Å². The molecule has 5 aliphatic carbocycles. The van der Waals surface area contributed by atoms with Gasteiger partial charge in [0.1, 0.15) is 5.76 Å². The molecule has 0 amide bonds. The van der Waals surface area contributed by atoms with Gasteiger partial charge in [-0.25, -0.2) is 0 Å². The second-order valence-corrected chi connectivity index (χ2v) is 33.1. The molecule has 0 saturated carbocycles. The number of hydrogen-bond acceptors (Lipinski definition) is 3. The van der Waals surface area contributed by atoms with Crippen LogP contribution < -0.4 is 26.4 Å². The Morgan fingerprint density at radius 2 is 0.705 bits per heavy atom. The van der Waals surface area contributed by atoms with E-state index in [-0.39, 0.29) is 60.9 Å². The largest absolute Gasteiger partial charge is 0.472 e. The SMILES string of the molecule is CC1(C)CCC(C)(C)c2cc(-c3cc4c5c(c3)N(c3ccc6c(c3)C(C)(C)CCC6(C)C)c3c(oc6c3C(C)(C)CCC6(C)C)B5c3cc5c(cc3N4c3ccc4c(c3)C(C)(C)CCC4(C)C)C(C)(C)CCC5(C)C)ccc21. The Bertz CT molecular complexity index is 3560. The smallest absolute Gasteiger partial charge is 0.297 e. The number of furan rings is 1. The van der Waals surface area contributed by atoms with Crippen LogP contribution in [0.1, 0.15) is 259 Å². The summed E-state index contributed by atoms with van der Waals surface area (Å²) in [6.07, 6.45) is 11.6. The zero-order chi connectivity index (χ0) is 55.8. The van der Waals surface area contributed by atoms with E-state index in [0.717, 1.165) is 31.3 Å². The summed E-state index contributed by atoms with van der Waals surface area (Å²) in [6.45, 7) is 49.6. The van der Waals surface area contributed by atoms with Crippen molar-refractivity contribution in [2.24, 2.45) is 0 Å². The highest BCUT2D eigenvalue weighted by Crippen LogP contribution is 2.59. The van der Waals surface area contributed by atoms with Crippen molar-refractivity contribution in [1.29, 1.82) is 0 Å². The van der Waals surface area contributed by atoms with Crippen molar-refractivity contribution in [1.82, 2.24) is 0 Å². The topological polar surface area (TPSA) is 19.6 Å². The molecule has 13 rings (SSSR count). The van der Waals surface area contributed by atoms with Crippen molar-refractivity contribution in [3.63, 3.8) is 0 Å². The Balaban J connectivity index is 1.20. The number of benzene rings is 5. The maximum Gasteiger partial charge on any atom is 0.297 e. The Hall–Kier alpha value is -4.96. The van der Waals surface area contributed by atoms with Gasteiger partial charge in [0, 0.05) is 39.4 Å². The molecule has 6 aromatic rings. The Labute approximate surface area is 471 Å². The van der Waals surface area contributed by atoms with Gasteiger partial charge in [-0.2, -0.15) is 0 Å². The third-order valence-corrected chi connectivity index (χ3v) is 22.9. The van der Waals surface area contributed by atoms with Crippen molar-refractivity contribution < 1.29 is 4.42 Å². The molecule has 0 fully saturated rings. The summed E-state index contributed by atoms with van der Waals surface area (Å²) in [5, 5.41) is 0. The standard InChI is InChI=1S/C74H93BN2O/c1-65(2)27-30-68(7,8)51-37-44(21-24-48(51)65)45-38-58-61-59(39-45)77(47-23-26-50-53(41-47)70(11,12)32-29-67(50,5)6)62-60-63(74(19,20)36-35-73(60,17)18)78-64(62)75(61)56-42-54-55(72(15,16)34-33-71(54,13)14)43-57(56)76(58)46-22-25-49-52(40-46)69(9,10)31-28-66(49,3)4/h21-26,37-43H,27-36H2,1-20H3. The molecule has 1 aromatic heterocycles. The summed E-state index contributed by atoms with van der Waals surface area (Å²) in [4.78, 5) is 5.52. The lowest BCUT2D eigenvalue weighted by Gasteiger charge is -2.48. The summed E-state index contributed by atoms with van der Waals surface area (Å²) in [5.41, 5.74) is 27.8. The van der Waals surface area contributed by atoms with Crippen LogP contribution in [0.4, 0.5) is 34.1 Å². The quantitative estimate of drug-likeness (QED) is 0.164. The normalized spacial score (nSPS) is 23.8. The molecule has 3 nitrogen and oxygen atoms in total. The number of fused-ring (bicyclic) bond motifs is 10. The van der Waals surface area contributed by atoms with E-state index in [1.165, 1.54) is 151 Å². The van der Waals surface area contributed by atoms with Crippen molar-refractivity contribution in [3.8, 4) is 11.1 Å². The first-order chi connectivity index (χ1) is 36.1. The predicted octanol–water partition coefficient (Wildman–Crippen LogP) is 18.8. The summed E-state index contributed by atoms with van der Waals surface area (Å²) < 4.78 is 7.99. The molecular weight excluding hydrogens is 944 g/mol. The molecule has 4 heteroatoms. The fraction of sp³-hybridized carbons (Fsp3) is 0.541. The molecule has 0 radical (unpaired) electrons. The second kappa shape index (κ2) is 15.9. The minimum absolute atomic E-state index is 0.0194. The van der Waals surface area contributed by atoms with Gasteiger partial charge in [0.2, 0.25) is 0 Å². The van der Waals surface area contributed by atoms with Gasteiger partial charge < -0.3 is 14.2 Å². The fourth-order valence-corrected chi connectivity index (χ4v) is 16.7. The van der Waals surface area contributed by atoms with E-state index in [9.17, 15) is 0 Å². The molecule has 0 unspecified atom stereocenters. The second-order valence-electron chi connectivity index (χ2n) is 33.1. The Kier molecular flexibility index (Phi) is 10.7. The molecule has 0 atom stereocenters. The van der Waals surface area contributed by atoms with Gasteiger partial charge in [0.05, 0.1) is 11.3 Å². The van der Waals surface area contributed by atoms with Crippen LogP contribution in [0.15, 0.2) is 83.3 Å². The van der Waals surface area contributed by atoms with Gasteiger partial charge in [0.25, 0.3) is 6.71 Å². The minimum Gasteiger partial charge on any atom is -0.472 e. The summed E-state index contributed by atoms with van der Waals surface area (Å²) in [7, 11) is 0. The molecule has 0 spiro atoms. The van der Waals surface area contributed by atoms with Crippen LogP contribution in [0.2, 0.25) is 0 Å². The average Bonchev–Trinajstić information content (AvgIpc) is 2.40. The summed E-state index contributed by atoms with van der Waals surface area (Å²) >= 11 is 0. The number of hydrogen-bond donors (Lipinski definition) is 0. The van der Waals surface area contributed by atoms with Crippen molar-refractivity contribution in [2.45, 2.75) is 257 Å². The van der Waals surface area contributed by atoms with Gasteiger partial charge in [-0.15, -0.1) is 0 Å². The highest BCUT2D eigenvalue weighted by atomic mass is 16.3. The van der Waals surface area contributed by atoms with Gasteiger partial charge in [0.15, 0.2) is 0 Å². The van der Waals surface area contributed by atoms with Crippen molar-refractivity contribution >= 4 is 57.4 Å². The molecule has 0 saturated heterocycles. The number of nitrogens with zero attached hydrogens (tertiary/aromatic N) is 2. The first-order valence-corrected chi connectivity index (χ1v) is 30.7. The summed E-state index contributed by atoms with van der Waals surface area (Å²) in [5.74, 6) is 1.19. The van der Waals surface area contributed by atoms with E-state index < -0.39 is 0 Å². The molecule has 0 N–H and O–H groups in total. The third-order valence-electron chi connectivity index (χ3n) is 22.9. The third kappa shape index (κ3) is 7.40. The van der Waals surface area contributed by atoms with E-state index in [0.29, 0.717) is 0 Å². The molecule has 3 heterocycles. The van der Waals surface area contributed by atoms with Crippen LogP contribution in [0.3, 0.4) is 0 Å². The number of anilines is 6. The zero-order valence-electron chi connectivity index (χ0n) is 52.0. The Morgan fingerprint density at radius 3 is 1.19 bits per heavy atom. The first-order valence-electron chi connectivity index (χ1n) is 30.7. The zero-order valence-corrected chi connectivity index (χ0v) is 52.0. The van der Waals surface area contributed by atoms with E-state index in [1.807, 2.05) is 0 Å². The van der Waals surface area contributed by atoms with Crippen LogP contribution in [0.25, 0.3) is 11.1 Å². The Morgan fingerprint density at radius 1 is 0.333 bits per heavy atom. The van der Waals surface area contributed by atoms with Crippen molar-refractivity contribution in [3.05, 3.63) is 135 Å². The molecular formula is C74H93BN2O. The molecule has 2 aliphatic heterocycles. The van der Waals surface area contributed by atoms with Crippen LogP contribution in [-0.4, -0.2) is 6.71 Å². The number of rotatable bonds is 3. The molecule has 5 aromatic carbocycles. The maximum atomic E-state index is 7.99. The van der Waals surface area contributed by atoms with Crippen LogP contribution in [0, 0.1) is 0 Å². The molecule has 78 heavy (non-hydrogen) atoms. The lowest BCUT2D eigenvalue weighted by atomic mass is 9.35. The molecule has 408 valence electrons. The molecule has 0 bridgehead atoms. The van der Waals surface area contributed by atoms with E-state index in [2.05, 4.69) is 227 Å². The maximum absolute atomic E-state index is 7.99.